The largest absolute Gasteiger partial charge is 0.504 e. The van der Waals surface area contributed by atoms with Gasteiger partial charge in [-0.1, -0.05) is 0 Å². The molecule has 0 radical (unpaired) electrons. The quantitative estimate of drug-likeness (QED) is 0.0365. The summed E-state index contributed by atoms with van der Waals surface area (Å²) in [5.41, 5.74) is -3.61. The molecule has 0 saturated carbocycles. The minimum atomic E-state index is -2.53. The smallest absolute Gasteiger partial charge is 0.340 e. The predicted octanol–water partition coefficient (Wildman–Crippen LogP) is 1.54. The zero-order valence-corrected chi connectivity index (χ0v) is 33.2. The van der Waals surface area contributed by atoms with E-state index in [1.54, 1.807) is 0 Å². The van der Waals surface area contributed by atoms with Crippen LogP contribution in [-0.2, 0) is 28.4 Å². The summed E-state index contributed by atoms with van der Waals surface area (Å²) in [6.45, 7) is -1.22. The molecule has 1 saturated heterocycles. The second-order valence-corrected chi connectivity index (χ2v) is 14.1. The second kappa shape index (κ2) is 18.5. The van der Waals surface area contributed by atoms with E-state index in [4.69, 9.17) is 28.4 Å². The van der Waals surface area contributed by atoms with Crippen LogP contribution in [0.4, 0.5) is 0 Å². The van der Waals surface area contributed by atoms with Gasteiger partial charge in [0, 0.05) is 5.56 Å². The number of carbonyl (C=O) groups is 4. The lowest BCUT2D eigenvalue weighted by Crippen LogP contribution is -2.63. The van der Waals surface area contributed by atoms with Crippen molar-refractivity contribution in [2.24, 2.45) is 0 Å². The summed E-state index contributed by atoms with van der Waals surface area (Å²) in [7, 11) is 0. The van der Waals surface area contributed by atoms with Gasteiger partial charge in [-0.2, -0.15) is 0 Å². The highest BCUT2D eigenvalue weighted by Crippen LogP contribution is 2.43. The lowest BCUT2D eigenvalue weighted by atomic mass is 9.97. The second-order valence-electron chi connectivity index (χ2n) is 14.1. The van der Waals surface area contributed by atoms with Crippen LogP contribution in [0.5, 0.6) is 86.2 Å². The predicted molar refractivity (Wildman–Crippen MR) is 210 cm³/mol. The molecule has 1 aliphatic heterocycles. The summed E-state index contributed by atoms with van der Waals surface area (Å²) >= 11 is 0. The van der Waals surface area contributed by atoms with Gasteiger partial charge in [-0.25, -0.2) is 19.2 Å². The van der Waals surface area contributed by atoms with Gasteiger partial charge < -0.3 is 110 Å². The molecular weight excluding hydrogens is 908 g/mol. The van der Waals surface area contributed by atoms with Crippen molar-refractivity contribution in [1.29, 1.82) is 0 Å². The van der Waals surface area contributed by atoms with Crippen LogP contribution < -0.4 is 0 Å². The Bertz CT molecular complexity index is 2670. The van der Waals surface area contributed by atoms with Crippen molar-refractivity contribution in [3.63, 3.8) is 0 Å². The van der Waals surface area contributed by atoms with Crippen LogP contribution >= 0.6 is 0 Å². The fourth-order valence-electron chi connectivity index (χ4n) is 6.21. The maximum Gasteiger partial charge on any atom is 0.340 e. The van der Waals surface area contributed by atoms with E-state index in [0.29, 0.717) is 60.7 Å². The maximum absolute atomic E-state index is 13.8. The Kier molecular flexibility index (Phi) is 13.1. The molecule has 354 valence electrons. The maximum atomic E-state index is 13.8. The van der Waals surface area contributed by atoms with Crippen LogP contribution in [0.3, 0.4) is 0 Å². The Balaban J connectivity index is 1.52. The van der Waals surface area contributed by atoms with Crippen molar-refractivity contribution in [2.45, 2.75) is 37.0 Å². The number of ether oxygens (including phenoxy) is 6. The van der Waals surface area contributed by atoms with E-state index < -0.39 is 182 Å². The molecule has 0 amide bonds. The van der Waals surface area contributed by atoms with E-state index in [0.717, 1.165) is 0 Å². The van der Waals surface area contributed by atoms with E-state index in [-0.39, 0.29) is 0 Å². The number of carbonyl (C=O) groups excluding carboxylic acids is 4. The molecule has 26 heteroatoms. The van der Waals surface area contributed by atoms with Gasteiger partial charge >= 0.3 is 23.9 Å². The van der Waals surface area contributed by atoms with Crippen molar-refractivity contribution in [2.75, 3.05) is 6.61 Å². The molecule has 6 rings (SSSR count). The van der Waals surface area contributed by atoms with Gasteiger partial charge in [0.05, 0.1) is 22.3 Å². The lowest BCUT2D eigenvalue weighted by molar-refractivity contribution is -0.311. The van der Waals surface area contributed by atoms with Gasteiger partial charge in [0.2, 0.25) is 6.29 Å². The minimum Gasteiger partial charge on any atom is -0.504 e. The van der Waals surface area contributed by atoms with Gasteiger partial charge in [0.15, 0.2) is 105 Å². The third-order valence-corrected chi connectivity index (χ3v) is 9.56. The Morgan fingerprint density at radius 3 is 1.07 bits per heavy atom. The monoisotopic (exact) mass is 942 g/mol. The fraction of sp³-hybridized carbons (Fsp3) is 0.171. The van der Waals surface area contributed by atoms with Crippen molar-refractivity contribution in [3.8, 4) is 86.2 Å². The molecular formula is C41H34O26. The average Bonchev–Trinajstić information content (AvgIpc) is 3.27. The van der Waals surface area contributed by atoms with Gasteiger partial charge in [-0.05, 0) is 60.7 Å². The lowest BCUT2D eigenvalue weighted by Gasteiger charge is -2.44. The number of aliphatic hydroxyl groups is 1. The molecule has 67 heavy (non-hydrogen) atoms. The zero-order valence-electron chi connectivity index (χ0n) is 33.2. The van der Waals surface area contributed by atoms with Crippen LogP contribution in [0.25, 0.3) is 0 Å². The number of hydrogen-bond donors (Lipinski definition) is 16. The number of hydrogen-bond acceptors (Lipinski definition) is 26. The van der Waals surface area contributed by atoms with Gasteiger partial charge in [0.25, 0.3) is 0 Å². The molecule has 5 aromatic carbocycles. The van der Waals surface area contributed by atoms with Crippen LogP contribution in [0, 0.1) is 0 Å². The summed E-state index contributed by atoms with van der Waals surface area (Å²) in [5, 5.41) is 162. The number of rotatable bonds is 12. The molecule has 0 spiro atoms. The fourth-order valence-corrected chi connectivity index (χ4v) is 6.21. The highest BCUT2D eigenvalue weighted by Gasteiger charge is 2.54. The minimum absolute atomic E-state index is 0.555. The first-order valence-electron chi connectivity index (χ1n) is 18.5. The van der Waals surface area contributed by atoms with E-state index in [9.17, 15) is 101 Å². The van der Waals surface area contributed by atoms with Gasteiger partial charge in [-0.3, -0.25) is 0 Å². The molecule has 1 heterocycles. The van der Waals surface area contributed by atoms with Crippen molar-refractivity contribution in [3.05, 3.63) is 88.5 Å². The van der Waals surface area contributed by atoms with Crippen LogP contribution in [0.15, 0.2) is 60.7 Å². The zero-order chi connectivity index (χ0) is 49.3. The highest BCUT2D eigenvalue weighted by molar-refractivity contribution is 5.93. The standard InChI is InChI=1S/C41H34O26/c42-17-1-12(2-18(43)28(17)52)36(57)62-11-27-33(64-37(58)13-3-19(44)29(53)20(45)4-13)34(65-38(59)14-5-21(46)30(54)22(47)6-14)35(66-39(60)15-7-23(48)31(55)24(49)8-15)41(63-27)67-40(61)16-9-25(50)32(56)26(51)10-16/h1-10,27,33-35,38,41-56,59H,11H2. The number of esters is 4. The number of phenols is 15. The third-order valence-electron chi connectivity index (χ3n) is 9.56. The average molecular weight is 943 g/mol. The molecule has 16 N–H and O–H groups in total. The summed E-state index contributed by atoms with van der Waals surface area (Å²) in [4.78, 5) is 54.6. The first-order valence-corrected chi connectivity index (χ1v) is 18.5. The highest BCUT2D eigenvalue weighted by atomic mass is 16.8. The molecule has 1 aliphatic rings. The SMILES string of the molecule is O=C(OCC1OC(OC(=O)c2cc(O)c(O)c(O)c2)C(OC(=O)c2cc(O)c(O)c(O)c2)C(OC(O)c2cc(O)c(O)c(O)c2)C1OC(=O)c1cc(O)c(O)c(O)c1)c1cc(O)c(O)c(O)c1. The molecule has 0 aliphatic carbocycles. The molecule has 6 unspecified atom stereocenters. The van der Waals surface area contributed by atoms with Gasteiger partial charge in [0.1, 0.15) is 18.8 Å². The van der Waals surface area contributed by atoms with E-state index in [1.165, 1.54) is 0 Å². The number of benzene rings is 5. The number of phenolic OH excluding ortho intramolecular Hbond substituents is 15. The van der Waals surface area contributed by atoms with Crippen LogP contribution in [0.2, 0.25) is 0 Å². The third kappa shape index (κ3) is 9.84. The Morgan fingerprint density at radius 1 is 0.418 bits per heavy atom. The summed E-state index contributed by atoms with van der Waals surface area (Å²) < 4.78 is 33.6. The van der Waals surface area contributed by atoms with E-state index in [2.05, 4.69) is 0 Å². The van der Waals surface area contributed by atoms with Crippen molar-refractivity contribution in [1.82, 2.24) is 0 Å². The Morgan fingerprint density at radius 2 is 0.716 bits per heavy atom. The first kappa shape index (κ1) is 47.3. The van der Waals surface area contributed by atoms with Gasteiger partial charge in [-0.15, -0.1) is 0 Å². The van der Waals surface area contributed by atoms with Crippen LogP contribution in [0.1, 0.15) is 53.3 Å². The topological polar surface area (TPSA) is 447 Å². The molecule has 0 bridgehead atoms. The summed E-state index contributed by atoms with van der Waals surface area (Å²) in [5.74, 6) is -22.4. The molecule has 6 atom stereocenters. The Labute approximate surface area is 371 Å². The van der Waals surface area contributed by atoms with E-state index in [1.807, 2.05) is 0 Å². The first-order chi connectivity index (χ1) is 31.4. The van der Waals surface area contributed by atoms with E-state index >= 15 is 0 Å². The van der Waals surface area contributed by atoms with Crippen molar-refractivity contribution >= 4 is 23.9 Å². The Hall–Kier alpha value is -9.14. The van der Waals surface area contributed by atoms with Crippen molar-refractivity contribution < 1.29 is 129 Å². The summed E-state index contributed by atoms with van der Waals surface area (Å²) in [6, 6.07) is 5.92. The van der Waals surface area contributed by atoms with Crippen LogP contribution in [-0.4, -0.2) is 143 Å². The number of aliphatic hydroxyl groups excluding tert-OH is 1. The normalized spacial score (nSPS) is 18.3. The molecule has 0 aromatic heterocycles. The summed E-state index contributed by atoms with van der Waals surface area (Å²) in [6.07, 6.45) is -14.5. The molecule has 5 aromatic rings. The molecule has 26 nitrogen and oxygen atoms in total. The number of aromatic hydroxyl groups is 15. The molecule has 1 fully saturated rings.